The molecule has 3 nitrogen and oxygen atoms in total. The lowest BCUT2D eigenvalue weighted by atomic mass is 9.80. The second-order valence-electron chi connectivity index (χ2n) is 6.49. The maximum atomic E-state index is 4.69. The molecule has 0 saturated carbocycles. The van der Waals surface area contributed by atoms with E-state index in [2.05, 4.69) is 50.2 Å². The molecule has 120 valence electrons. The summed E-state index contributed by atoms with van der Waals surface area (Å²) in [5, 5.41) is 7.29. The molecule has 1 aliphatic rings. The molecule has 1 fully saturated rings. The number of piperazine rings is 1. The van der Waals surface area contributed by atoms with Crippen LogP contribution >= 0.6 is 11.3 Å². The fraction of sp³-hybridized carbons (Fsp3) is 0.824. The van der Waals surface area contributed by atoms with Crippen molar-refractivity contribution in [3.05, 3.63) is 16.1 Å². The molecule has 1 aliphatic heterocycles. The second-order valence-corrected chi connectivity index (χ2v) is 7.55. The number of hydrogen-bond acceptors (Lipinski definition) is 4. The van der Waals surface area contributed by atoms with Gasteiger partial charge in [0.05, 0.1) is 10.7 Å². The molecule has 1 saturated heterocycles. The lowest BCUT2D eigenvalue weighted by Gasteiger charge is -2.54. The number of rotatable bonds is 6. The van der Waals surface area contributed by atoms with Gasteiger partial charge in [0.2, 0.25) is 0 Å². The van der Waals surface area contributed by atoms with Crippen LogP contribution in [0, 0.1) is 6.92 Å². The minimum absolute atomic E-state index is 0.277. The molecule has 0 radical (unpaired) electrons. The summed E-state index contributed by atoms with van der Waals surface area (Å²) in [6.45, 7) is 14.6. The predicted molar refractivity (Wildman–Crippen MR) is 91.9 cm³/mol. The van der Waals surface area contributed by atoms with Crippen LogP contribution in [0.3, 0.4) is 0 Å². The van der Waals surface area contributed by atoms with Crippen molar-refractivity contribution >= 4 is 11.3 Å². The largest absolute Gasteiger partial charge is 0.308 e. The highest BCUT2D eigenvalue weighted by molar-refractivity contribution is 7.09. The van der Waals surface area contributed by atoms with E-state index < -0.39 is 0 Å². The molecule has 2 heterocycles. The Morgan fingerprint density at radius 2 is 1.86 bits per heavy atom. The van der Waals surface area contributed by atoms with Gasteiger partial charge in [0, 0.05) is 36.1 Å². The van der Waals surface area contributed by atoms with Crippen molar-refractivity contribution in [2.45, 2.75) is 77.9 Å². The first-order chi connectivity index (χ1) is 10.0. The van der Waals surface area contributed by atoms with Crippen molar-refractivity contribution in [2.24, 2.45) is 0 Å². The van der Waals surface area contributed by atoms with Crippen LogP contribution in [-0.4, -0.2) is 34.1 Å². The Bertz CT molecular complexity index is 447. The van der Waals surface area contributed by atoms with Crippen LogP contribution in [-0.2, 0) is 6.54 Å². The molecule has 0 atom stereocenters. The van der Waals surface area contributed by atoms with Crippen LogP contribution in [0.2, 0.25) is 0 Å². The maximum Gasteiger partial charge on any atom is 0.0897 e. The third-order valence-electron chi connectivity index (χ3n) is 5.65. The Hall–Kier alpha value is -0.450. The Morgan fingerprint density at radius 3 is 2.33 bits per heavy atom. The van der Waals surface area contributed by atoms with E-state index in [1.807, 2.05) is 0 Å². The highest BCUT2D eigenvalue weighted by atomic mass is 32.1. The monoisotopic (exact) mass is 309 g/mol. The molecule has 0 unspecified atom stereocenters. The molecule has 1 aromatic rings. The molecule has 0 amide bonds. The van der Waals surface area contributed by atoms with Crippen molar-refractivity contribution in [3.8, 4) is 0 Å². The minimum atomic E-state index is 0.277. The van der Waals surface area contributed by atoms with Gasteiger partial charge in [0.1, 0.15) is 0 Å². The van der Waals surface area contributed by atoms with E-state index in [-0.39, 0.29) is 11.1 Å². The second kappa shape index (κ2) is 6.76. The first-order valence-corrected chi connectivity index (χ1v) is 9.32. The Kier molecular flexibility index (Phi) is 5.44. The Balaban J connectivity index is 2.24. The average molecular weight is 310 g/mol. The van der Waals surface area contributed by atoms with E-state index in [0.717, 1.165) is 19.6 Å². The first-order valence-electron chi connectivity index (χ1n) is 8.44. The summed E-state index contributed by atoms with van der Waals surface area (Å²) in [5.41, 5.74) is 1.80. The molecule has 0 aromatic carbocycles. The summed E-state index contributed by atoms with van der Waals surface area (Å²) >= 11 is 1.77. The Morgan fingerprint density at radius 1 is 1.19 bits per heavy atom. The highest BCUT2D eigenvalue weighted by Crippen LogP contribution is 2.34. The molecule has 21 heavy (non-hydrogen) atoms. The van der Waals surface area contributed by atoms with Gasteiger partial charge in [-0.1, -0.05) is 27.7 Å². The van der Waals surface area contributed by atoms with Crippen molar-refractivity contribution in [3.63, 3.8) is 0 Å². The number of nitrogens with one attached hydrogen (secondary N) is 1. The summed E-state index contributed by atoms with van der Waals surface area (Å²) < 4.78 is 0. The average Bonchev–Trinajstić information content (AvgIpc) is 2.92. The van der Waals surface area contributed by atoms with Crippen molar-refractivity contribution in [2.75, 3.05) is 13.1 Å². The van der Waals surface area contributed by atoms with Gasteiger partial charge in [0.25, 0.3) is 0 Å². The molecule has 1 aromatic heterocycles. The molecule has 2 rings (SSSR count). The zero-order valence-corrected chi connectivity index (χ0v) is 15.1. The van der Waals surface area contributed by atoms with Crippen molar-refractivity contribution < 1.29 is 0 Å². The fourth-order valence-electron chi connectivity index (χ4n) is 3.62. The smallest absolute Gasteiger partial charge is 0.0897 e. The van der Waals surface area contributed by atoms with Crippen molar-refractivity contribution in [1.29, 1.82) is 0 Å². The van der Waals surface area contributed by atoms with Gasteiger partial charge in [-0.3, -0.25) is 4.90 Å². The fourth-order valence-corrected chi connectivity index (χ4v) is 4.23. The SMILES string of the molecule is CCC1(CC)CN(Cc2csc(C)n2)C(CC)(CC)CN1. The topological polar surface area (TPSA) is 28.2 Å². The summed E-state index contributed by atoms with van der Waals surface area (Å²) in [6, 6.07) is 0. The first kappa shape index (κ1) is 16.9. The lowest BCUT2D eigenvalue weighted by molar-refractivity contribution is -0.0117. The number of aryl methyl sites for hydroxylation is 1. The van der Waals surface area contributed by atoms with Crippen LogP contribution in [0.1, 0.15) is 64.1 Å². The summed E-state index contributed by atoms with van der Waals surface area (Å²) in [7, 11) is 0. The number of thiazole rings is 1. The summed E-state index contributed by atoms with van der Waals surface area (Å²) in [4.78, 5) is 7.41. The van der Waals surface area contributed by atoms with Crippen LogP contribution in [0.4, 0.5) is 0 Å². The number of hydrogen-bond donors (Lipinski definition) is 1. The quantitative estimate of drug-likeness (QED) is 0.861. The van der Waals surface area contributed by atoms with Gasteiger partial charge < -0.3 is 5.32 Å². The van der Waals surface area contributed by atoms with Crippen LogP contribution < -0.4 is 5.32 Å². The van der Waals surface area contributed by atoms with Gasteiger partial charge in [-0.25, -0.2) is 4.98 Å². The zero-order chi connectivity index (χ0) is 15.5. The molecule has 1 N–H and O–H groups in total. The normalized spacial score (nSPS) is 21.6. The van der Waals surface area contributed by atoms with E-state index >= 15 is 0 Å². The molecule has 4 heteroatoms. The van der Waals surface area contributed by atoms with Gasteiger partial charge in [-0.15, -0.1) is 11.3 Å². The van der Waals surface area contributed by atoms with Gasteiger partial charge in [0.15, 0.2) is 0 Å². The molecular weight excluding hydrogens is 278 g/mol. The van der Waals surface area contributed by atoms with E-state index in [1.165, 1.54) is 36.4 Å². The molecular formula is C17H31N3S. The van der Waals surface area contributed by atoms with Gasteiger partial charge in [-0.2, -0.15) is 0 Å². The minimum Gasteiger partial charge on any atom is -0.308 e. The molecule has 0 spiro atoms. The zero-order valence-electron chi connectivity index (χ0n) is 14.3. The lowest BCUT2D eigenvalue weighted by Crippen LogP contribution is -2.69. The third-order valence-corrected chi connectivity index (χ3v) is 6.47. The van der Waals surface area contributed by atoms with Crippen LogP contribution in [0.15, 0.2) is 5.38 Å². The third kappa shape index (κ3) is 3.33. The summed E-state index contributed by atoms with van der Waals surface area (Å²) in [6.07, 6.45) is 4.78. The number of aromatic nitrogens is 1. The van der Waals surface area contributed by atoms with E-state index in [0.29, 0.717) is 0 Å². The summed E-state index contributed by atoms with van der Waals surface area (Å²) in [5.74, 6) is 0. The standard InChI is InChI=1S/C17H31N3S/c1-6-16(7-2)13-20(10-15-11-21-14(5)19-15)17(8-3,9-4)12-18-16/h11,18H,6-10,12-13H2,1-5H3. The van der Waals surface area contributed by atoms with E-state index in [1.54, 1.807) is 11.3 Å². The predicted octanol–water partition coefficient (Wildman–Crippen LogP) is 3.97. The molecule has 0 aliphatic carbocycles. The van der Waals surface area contributed by atoms with E-state index in [4.69, 9.17) is 4.98 Å². The highest BCUT2D eigenvalue weighted by Gasteiger charge is 2.44. The van der Waals surface area contributed by atoms with E-state index in [9.17, 15) is 0 Å². The maximum absolute atomic E-state index is 4.69. The van der Waals surface area contributed by atoms with Gasteiger partial charge >= 0.3 is 0 Å². The van der Waals surface area contributed by atoms with Crippen molar-refractivity contribution in [1.82, 2.24) is 15.2 Å². The molecule has 0 bridgehead atoms. The van der Waals surface area contributed by atoms with Crippen LogP contribution in [0.5, 0.6) is 0 Å². The van der Waals surface area contributed by atoms with Crippen LogP contribution in [0.25, 0.3) is 0 Å². The van der Waals surface area contributed by atoms with Gasteiger partial charge in [-0.05, 0) is 32.6 Å². The Labute approximate surface area is 134 Å². The number of nitrogens with zero attached hydrogens (tertiary/aromatic N) is 2.